The number of benzene rings is 1. The Balaban J connectivity index is 0.00000121. The van der Waals surface area contributed by atoms with Crippen molar-refractivity contribution in [2.24, 2.45) is 0 Å². The maximum atomic E-state index is 3.98. The van der Waals surface area contributed by atoms with Crippen LogP contribution in [0.3, 0.4) is 0 Å². The second-order valence-corrected chi connectivity index (χ2v) is 3.23. The van der Waals surface area contributed by atoms with Gasteiger partial charge in [0.25, 0.3) is 0 Å². The van der Waals surface area contributed by atoms with E-state index >= 15 is 0 Å². The van der Waals surface area contributed by atoms with Crippen LogP contribution in [0.4, 0.5) is 0 Å². The van der Waals surface area contributed by atoms with Crippen molar-refractivity contribution >= 4 is 0 Å². The van der Waals surface area contributed by atoms with Crippen molar-refractivity contribution in [2.45, 2.75) is 27.7 Å². The zero-order valence-corrected chi connectivity index (χ0v) is 12.4. The van der Waals surface area contributed by atoms with Crippen LogP contribution in [0.25, 0.3) is 0 Å². The molecule has 0 aromatic heterocycles. The normalized spacial score (nSPS) is 9.33. The molecule has 0 aliphatic carbocycles. The zero-order valence-electron chi connectivity index (χ0n) is 8.28. The Morgan fingerprint density at radius 2 is 1.42 bits per heavy atom. The summed E-state index contributed by atoms with van der Waals surface area (Å²) in [7, 11) is 0. The van der Waals surface area contributed by atoms with E-state index in [9.17, 15) is 0 Å². The van der Waals surface area contributed by atoms with E-state index in [1.54, 1.807) is 0 Å². The molecule has 0 spiro atoms. The van der Waals surface area contributed by atoms with Gasteiger partial charge < -0.3 is 0 Å². The van der Waals surface area contributed by atoms with Crippen LogP contribution in [0.15, 0.2) is 6.07 Å². The van der Waals surface area contributed by atoms with Gasteiger partial charge in [-0.25, -0.2) is 0 Å². The SMILES string of the molecule is [CH2-]c1cc(C)c(C)c(C)c1C.[U]. The minimum atomic E-state index is 0. The molecular formula is C11H15U-. The Labute approximate surface area is 99.1 Å². The number of hydrogen-bond acceptors (Lipinski definition) is 0. The van der Waals surface area contributed by atoms with E-state index in [2.05, 4.69) is 40.7 Å². The first kappa shape index (κ1) is 12.1. The van der Waals surface area contributed by atoms with Gasteiger partial charge in [0.05, 0.1) is 0 Å². The van der Waals surface area contributed by atoms with Crippen LogP contribution >= 0.6 is 0 Å². The average molecular weight is 385 g/mol. The van der Waals surface area contributed by atoms with Crippen molar-refractivity contribution in [3.63, 3.8) is 0 Å². The van der Waals surface area contributed by atoms with Gasteiger partial charge in [0.2, 0.25) is 0 Å². The molecule has 0 nitrogen and oxygen atoms in total. The fourth-order valence-electron chi connectivity index (χ4n) is 1.30. The summed E-state index contributed by atoms with van der Waals surface area (Å²) in [4.78, 5) is 0. The number of aryl methyl sites for hydroxylation is 1. The van der Waals surface area contributed by atoms with Crippen molar-refractivity contribution in [3.05, 3.63) is 40.8 Å². The van der Waals surface area contributed by atoms with Crippen molar-refractivity contribution in [2.75, 3.05) is 0 Å². The minimum Gasteiger partial charge on any atom is -0.198 e. The largest absolute Gasteiger partial charge is 0.198 e. The molecule has 12 heavy (non-hydrogen) atoms. The third-order valence-corrected chi connectivity index (χ3v) is 2.59. The van der Waals surface area contributed by atoms with Gasteiger partial charge in [0, 0.05) is 31.1 Å². The van der Waals surface area contributed by atoms with Crippen molar-refractivity contribution in [3.8, 4) is 0 Å². The summed E-state index contributed by atoms with van der Waals surface area (Å²) < 4.78 is 0. The summed E-state index contributed by atoms with van der Waals surface area (Å²) >= 11 is 0. The van der Waals surface area contributed by atoms with Gasteiger partial charge >= 0.3 is 0 Å². The van der Waals surface area contributed by atoms with Crippen molar-refractivity contribution in [1.29, 1.82) is 0 Å². The second-order valence-electron chi connectivity index (χ2n) is 3.23. The first-order valence-corrected chi connectivity index (χ1v) is 3.93. The summed E-state index contributed by atoms with van der Waals surface area (Å²) in [5.74, 6) is 0. The van der Waals surface area contributed by atoms with Crippen LogP contribution in [-0.2, 0) is 0 Å². The number of rotatable bonds is 0. The van der Waals surface area contributed by atoms with Crippen molar-refractivity contribution < 1.29 is 31.1 Å². The summed E-state index contributed by atoms with van der Waals surface area (Å²) in [6, 6.07) is 2.15. The molecular weight excluding hydrogens is 370 g/mol. The molecule has 0 saturated carbocycles. The monoisotopic (exact) mass is 385 g/mol. The Hall–Kier alpha value is 0.142. The van der Waals surface area contributed by atoms with E-state index in [1.807, 2.05) is 0 Å². The minimum absolute atomic E-state index is 0. The second kappa shape index (κ2) is 4.40. The van der Waals surface area contributed by atoms with E-state index in [4.69, 9.17) is 0 Å². The maximum Gasteiger partial charge on any atom is 0 e. The van der Waals surface area contributed by atoms with Crippen LogP contribution in [0.5, 0.6) is 0 Å². The van der Waals surface area contributed by atoms with Gasteiger partial charge in [0.1, 0.15) is 0 Å². The van der Waals surface area contributed by atoms with Crippen LogP contribution < -0.4 is 0 Å². The average Bonchev–Trinajstić information content (AvgIpc) is 1.97. The van der Waals surface area contributed by atoms with E-state index < -0.39 is 0 Å². The molecule has 0 heterocycles. The predicted molar refractivity (Wildman–Crippen MR) is 49.8 cm³/mol. The molecule has 64 valence electrons. The van der Waals surface area contributed by atoms with Gasteiger partial charge in [-0.1, -0.05) is 26.3 Å². The molecule has 0 amide bonds. The summed E-state index contributed by atoms with van der Waals surface area (Å²) in [5, 5.41) is 0. The fraction of sp³-hybridized carbons (Fsp3) is 0.364. The Morgan fingerprint density at radius 3 is 1.92 bits per heavy atom. The molecule has 0 aliphatic heterocycles. The van der Waals surface area contributed by atoms with E-state index in [1.165, 1.54) is 22.3 Å². The quantitative estimate of drug-likeness (QED) is 0.603. The molecule has 1 rings (SSSR count). The molecule has 1 aromatic rings. The topological polar surface area (TPSA) is 0 Å². The Bertz CT molecular complexity index is 261. The molecule has 0 bridgehead atoms. The smallest absolute Gasteiger partial charge is 0 e. The van der Waals surface area contributed by atoms with Crippen LogP contribution in [0.2, 0.25) is 0 Å². The molecule has 0 aliphatic rings. The molecule has 0 radical (unpaired) electrons. The zero-order chi connectivity index (χ0) is 8.59. The predicted octanol–water partition coefficient (Wildman–Crippen LogP) is 3.10. The van der Waals surface area contributed by atoms with Gasteiger partial charge in [0.15, 0.2) is 0 Å². The molecule has 0 N–H and O–H groups in total. The molecule has 0 saturated heterocycles. The molecule has 0 atom stereocenters. The molecule has 1 heteroatoms. The standard InChI is InChI=1S/C11H15.U/c1-7-6-8(2)10(4)11(5)9(7)3;/h6H,1H2,2-5H3;/q-1;. The van der Waals surface area contributed by atoms with Gasteiger partial charge in [-0.2, -0.15) is 18.6 Å². The third-order valence-electron chi connectivity index (χ3n) is 2.59. The first-order chi connectivity index (χ1) is 5.04. The summed E-state index contributed by atoms with van der Waals surface area (Å²) in [5.41, 5.74) is 6.61. The maximum absolute atomic E-state index is 3.98. The van der Waals surface area contributed by atoms with Crippen LogP contribution in [-0.4, -0.2) is 0 Å². The van der Waals surface area contributed by atoms with Gasteiger partial charge in [-0.05, 0) is 6.92 Å². The van der Waals surface area contributed by atoms with Gasteiger partial charge in [-0.3, -0.25) is 0 Å². The van der Waals surface area contributed by atoms with Gasteiger partial charge in [-0.15, -0.1) is 16.7 Å². The molecule has 0 fully saturated rings. The fourth-order valence-corrected chi connectivity index (χ4v) is 1.30. The van der Waals surface area contributed by atoms with Crippen LogP contribution in [0.1, 0.15) is 27.8 Å². The van der Waals surface area contributed by atoms with E-state index in [0.717, 1.165) is 5.56 Å². The van der Waals surface area contributed by atoms with E-state index in [0.29, 0.717) is 0 Å². The Kier molecular flexibility index (Phi) is 4.45. The van der Waals surface area contributed by atoms with E-state index in [-0.39, 0.29) is 31.1 Å². The van der Waals surface area contributed by atoms with Crippen LogP contribution in [0, 0.1) is 65.7 Å². The summed E-state index contributed by atoms with van der Waals surface area (Å²) in [6.07, 6.45) is 0. The Morgan fingerprint density at radius 1 is 0.917 bits per heavy atom. The molecule has 1 aromatic carbocycles. The number of hydrogen-bond donors (Lipinski definition) is 0. The summed E-state index contributed by atoms with van der Waals surface area (Å²) in [6.45, 7) is 12.6. The third kappa shape index (κ3) is 2.09. The molecule has 0 unspecified atom stereocenters. The first-order valence-electron chi connectivity index (χ1n) is 3.93. The van der Waals surface area contributed by atoms with Crippen molar-refractivity contribution in [1.82, 2.24) is 0 Å².